The fourth-order valence-electron chi connectivity index (χ4n) is 8.98. The first-order valence-electron chi connectivity index (χ1n) is 18.8. The lowest BCUT2D eigenvalue weighted by Crippen LogP contribution is -2.40. The van der Waals surface area contributed by atoms with E-state index >= 15 is 0 Å². The number of fused-ring (bicyclic) bond motifs is 6. The average Bonchev–Trinajstić information content (AvgIpc) is 3.46. The van der Waals surface area contributed by atoms with Crippen molar-refractivity contribution in [3.8, 4) is 0 Å². The minimum Gasteiger partial charge on any atom is -0.364 e. The average molecular weight is 669 g/mol. The molecular formula is C46H53ClN2. The van der Waals surface area contributed by atoms with E-state index in [1.807, 2.05) is 0 Å². The van der Waals surface area contributed by atoms with Crippen LogP contribution in [0.1, 0.15) is 97.6 Å². The normalized spacial score (nSPS) is 21.6. The van der Waals surface area contributed by atoms with Crippen molar-refractivity contribution >= 4 is 44.5 Å². The molecule has 49 heavy (non-hydrogen) atoms. The van der Waals surface area contributed by atoms with Crippen LogP contribution in [0.4, 0.5) is 11.4 Å². The lowest BCUT2D eigenvalue weighted by Gasteiger charge is -2.33. The van der Waals surface area contributed by atoms with Crippen LogP contribution < -0.4 is 9.80 Å². The summed E-state index contributed by atoms with van der Waals surface area (Å²) in [5.41, 5.74) is 9.44. The summed E-state index contributed by atoms with van der Waals surface area (Å²) in [6.45, 7) is 16.3. The van der Waals surface area contributed by atoms with Crippen LogP contribution in [0.5, 0.6) is 0 Å². The molecule has 7 rings (SSSR count). The Hall–Kier alpha value is -3.75. The van der Waals surface area contributed by atoms with Gasteiger partial charge in [0.2, 0.25) is 0 Å². The number of anilines is 2. The van der Waals surface area contributed by atoms with Crippen LogP contribution in [0.3, 0.4) is 0 Å². The molecule has 3 heteroatoms. The van der Waals surface area contributed by atoms with Crippen molar-refractivity contribution in [2.24, 2.45) is 0 Å². The topological polar surface area (TPSA) is 6.48 Å². The number of unbranched alkanes of at least 4 members (excludes halogenated alkanes) is 2. The molecule has 2 heterocycles. The molecule has 0 fully saturated rings. The second kappa shape index (κ2) is 13.5. The summed E-state index contributed by atoms with van der Waals surface area (Å²) in [7, 11) is 0. The number of rotatable bonds is 9. The van der Waals surface area contributed by atoms with Crippen molar-refractivity contribution in [2.45, 2.75) is 103 Å². The molecule has 3 aliphatic rings. The summed E-state index contributed by atoms with van der Waals surface area (Å²) in [6.07, 6.45) is 17.4. The Morgan fingerprint density at radius 1 is 0.735 bits per heavy atom. The summed E-state index contributed by atoms with van der Waals surface area (Å²) in [5, 5.41) is 6.33. The molecule has 2 nitrogen and oxygen atoms in total. The van der Waals surface area contributed by atoms with Gasteiger partial charge < -0.3 is 9.80 Å². The number of hydrogen-bond acceptors (Lipinski definition) is 2. The Morgan fingerprint density at radius 3 is 2.06 bits per heavy atom. The third kappa shape index (κ3) is 5.84. The van der Waals surface area contributed by atoms with E-state index in [2.05, 4.69) is 148 Å². The van der Waals surface area contributed by atoms with Crippen molar-refractivity contribution < 1.29 is 0 Å². The molecule has 0 bridgehead atoms. The van der Waals surface area contributed by atoms with Crippen LogP contribution in [-0.4, -0.2) is 19.1 Å². The molecule has 1 unspecified atom stereocenters. The standard InChI is InChI=1S/C46H53ClN2/c1-7-9-30-48-38-26-22-32-16-11-13-20-36(32)42(38)45(3,4)40(48)28-24-34-18-15-19-35(44(34)47)25-29-41-46(5,6)43-37-21-14-12-17-33(37)23-27-39(43)49(41)31-10-8-2/h11-14,16-17,20-29,40H,7-10,15,18-19,30-31H2,1-6H3/b28-24+,35-25+,41-29+. The highest BCUT2D eigenvalue weighted by Gasteiger charge is 2.44. The number of hydrogen-bond donors (Lipinski definition) is 0. The summed E-state index contributed by atoms with van der Waals surface area (Å²) >= 11 is 7.34. The van der Waals surface area contributed by atoms with E-state index in [0.717, 1.165) is 43.8 Å². The highest BCUT2D eigenvalue weighted by molar-refractivity contribution is 6.32. The summed E-state index contributed by atoms with van der Waals surface area (Å²) in [6, 6.07) is 27.3. The molecule has 0 amide bonds. The summed E-state index contributed by atoms with van der Waals surface area (Å²) in [5.74, 6) is 0. The lowest BCUT2D eigenvalue weighted by molar-refractivity contribution is 0.473. The second-order valence-electron chi connectivity index (χ2n) is 15.5. The molecule has 1 atom stereocenters. The second-order valence-corrected chi connectivity index (χ2v) is 15.9. The molecule has 0 radical (unpaired) electrons. The van der Waals surface area contributed by atoms with Crippen molar-refractivity contribution in [2.75, 3.05) is 22.9 Å². The zero-order valence-corrected chi connectivity index (χ0v) is 31.2. The van der Waals surface area contributed by atoms with Gasteiger partial charge in [-0.15, -0.1) is 0 Å². The summed E-state index contributed by atoms with van der Waals surface area (Å²) < 4.78 is 0. The molecular weight excluding hydrogens is 616 g/mol. The van der Waals surface area contributed by atoms with Crippen LogP contribution in [0.25, 0.3) is 21.5 Å². The molecule has 0 spiro atoms. The fourth-order valence-corrected chi connectivity index (χ4v) is 9.30. The Bertz CT molecular complexity index is 2000. The van der Waals surface area contributed by atoms with E-state index in [1.54, 1.807) is 0 Å². The molecule has 2 aliphatic heterocycles. The first kappa shape index (κ1) is 33.7. The zero-order valence-electron chi connectivity index (χ0n) is 30.5. The van der Waals surface area contributed by atoms with Gasteiger partial charge in [-0.05, 0) is 94.1 Å². The Balaban J connectivity index is 1.24. The molecule has 4 aromatic rings. The van der Waals surface area contributed by atoms with E-state index in [0.29, 0.717) is 0 Å². The van der Waals surface area contributed by atoms with Crippen molar-refractivity contribution in [3.05, 3.63) is 130 Å². The molecule has 0 saturated heterocycles. The summed E-state index contributed by atoms with van der Waals surface area (Å²) in [4.78, 5) is 5.24. The molecule has 0 N–H and O–H groups in total. The third-order valence-electron chi connectivity index (χ3n) is 11.6. The first-order valence-corrected chi connectivity index (χ1v) is 19.1. The maximum absolute atomic E-state index is 7.34. The predicted octanol–water partition coefficient (Wildman–Crippen LogP) is 12.9. The molecule has 1 aliphatic carbocycles. The first-order chi connectivity index (χ1) is 23.7. The van der Waals surface area contributed by atoms with Crippen molar-refractivity contribution in [1.29, 1.82) is 0 Å². The Kier molecular flexibility index (Phi) is 9.31. The lowest BCUT2D eigenvalue weighted by atomic mass is 9.78. The van der Waals surface area contributed by atoms with Gasteiger partial charge in [-0.1, -0.05) is 145 Å². The Morgan fingerprint density at radius 2 is 1.37 bits per heavy atom. The quantitative estimate of drug-likeness (QED) is 0.175. The van der Waals surface area contributed by atoms with E-state index in [9.17, 15) is 0 Å². The number of allylic oxidation sites excluding steroid dienone is 7. The third-order valence-corrected chi connectivity index (χ3v) is 12.0. The van der Waals surface area contributed by atoms with Crippen LogP contribution in [0, 0.1) is 0 Å². The monoisotopic (exact) mass is 668 g/mol. The van der Waals surface area contributed by atoms with E-state index in [4.69, 9.17) is 11.6 Å². The molecule has 4 aromatic carbocycles. The predicted molar refractivity (Wildman–Crippen MR) is 214 cm³/mol. The van der Waals surface area contributed by atoms with Gasteiger partial charge in [-0.2, -0.15) is 0 Å². The highest BCUT2D eigenvalue weighted by Crippen LogP contribution is 2.52. The van der Waals surface area contributed by atoms with Crippen molar-refractivity contribution in [3.63, 3.8) is 0 Å². The zero-order chi connectivity index (χ0) is 34.3. The Labute approximate surface area is 299 Å². The molecule has 254 valence electrons. The fraction of sp³-hybridized carbons (Fsp3) is 0.391. The van der Waals surface area contributed by atoms with Gasteiger partial charge in [0.1, 0.15) is 0 Å². The van der Waals surface area contributed by atoms with Crippen molar-refractivity contribution in [1.82, 2.24) is 0 Å². The van der Waals surface area contributed by atoms with Crippen LogP contribution in [-0.2, 0) is 10.8 Å². The van der Waals surface area contributed by atoms with E-state index in [-0.39, 0.29) is 16.9 Å². The van der Waals surface area contributed by atoms with Gasteiger partial charge in [-0.25, -0.2) is 0 Å². The van der Waals surface area contributed by atoms with Gasteiger partial charge in [0.15, 0.2) is 0 Å². The number of nitrogens with zero attached hydrogens (tertiary/aromatic N) is 2. The smallest absolute Gasteiger partial charge is 0.0568 e. The maximum Gasteiger partial charge on any atom is 0.0568 e. The molecule has 0 aromatic heterocycles. The number of halogens is 1. The van der Waals surface area contributed by atoms with Gasteiger partial charge in [0.05, 0.1) is 6.04 Å². The maximum atomic E-state index is 7.34. The minimum atomic E-state index is -0.107. The van der Waals surface area contributed by atoms with Gasteiger partial charge in [0.25, 0.3) is 0 Å². The van der Waals surface area contributed by atoms with Crippen LogP contribution in [0.15, 0.2) is 119 Å². The van der Waals surface area contributed by atoms with Gasteiger partial charge in [-0.3, -0.25) is 0 Å². The van der Waals surface area contributed by atoms with E-state index in [1.165, 1.54) is 80.2 Å². The number of benzene rings is 4. The van der Waals surface area contributed by atoms with Gasteiger partial charge in [0, 0.05) is 46.0 Å². The largest absolute Gasteiger partial charge is 0.364 e. The minimum absolute atomic E-state index is 0.0274. The SMILES string of the molecule is CCCCN1/C(=C/C=C2\CCCC(/C=C/C3N(CCCC)c4ccc5ccccc5c4C3(C)C)=C2Cl)C(C)(C)c2c1ccc1ccccc21. The highest BCUT2D eigenvalue weighted by atomic mass is 35.5. The van der Waals surface area contributed by atoms with Gasteiger partial charge >= 0.3 is 0 Å². The van der Waals surface area contributed by atoms with E-state index < -0.39 is 0 Å². The van der Waals surface area contributed by atoms with Crippen LogP contribution >= 0.6 is 11.6 Å². The van der Waals surface area contributed by atoms with Crippen LogP contribution in [0.2, 0.25) is 0 Å². The molecule has 0 saturated carbocycles.